The van der Waals surface area contributed by atoms with Crippen LogP contribution in [0.3, 0.4) is 0 Å². The molecule has 0 spiro atoms. The van der Waals surface area contributed by atoms with Crippen LogP contribution >= 0.6 is 11.6 Å². The first kappa shape index (κ1) is 30.0. The van der Waals surface area contributed by atoms with Gasteiger partial charge < -0.3 is 19.5 Å². The molecule has 2 aliphatic rings. The molecule has 190 valence electrons. The van der Waals surface area contributed by atoms with Gasteiger partial charge in [0.15, 0.2) is 0 Å². The summed E-state index contributed by atoms with van der Waals surface area (Å²) in [6.07, 6.45) is 4.46. The van der Waals surface area contributed by atoms with Crippen LogP contribution in [0.15, 0.2) is 42.5 Å². The molecule has 5 nitrogen and oxygen atoms in total. The third-order valence-corrected chi connectivity index (χ3v) is 7.93. The van der Waals surface area contributed by atoms with Crippen LogP contribution in [0.4, 0.5) is 4.39 Å². The molecule has 4 rings (SSSR count). The number of halogens is 2. The van der Waals surface area contributed by atoms with Gasteiger partial charge in [-0.3, -0.25) is 4.90 Å². The van der Waals surface area contributed by atoms with Crippen molar-refractivity contribution in [2.75, 3.05) is 32.7 Å². The number of aryl methyl sites for hydroxylation is 1. The molecule has 0 N–H and O–H groups in total. The van der Waals surface area contributed by atoms with Crippen LogP contribution in [0.1, 0.15) is 43.7 Å². The standard InChI is InChI=1S/C28H36ClFN2O3.K/c1-20-17-23(29)5-8-26(20)35-25-11-13-31(14-12-25)19-22-9-15-32(16-10-22)28(2,27(33)34)18-21-3-6-24(30)7-4-21;/h3-8,17,22,25H,9-16,18-19H2,1-2H3,(H,33,34);/q;+1/p-1/t28-;/m0./s1. The largest absolute Gasteiger partial charge is 1.00 e. The summed E-state index contributed by atoms with van der Waals surface area (Å²) in [5.74, 6) is 0.0783. The van der Waals surface area contributed by atoms with Gasteiger partial charge in [-0.05, 0) is 106 Å². The Morgan fingerprint density at radius 1 is 1.08 bits per heavy atom. The third-order valence-electron chi connectivity index (χ3n) is 7.70. The summed E-state index contributed by atoms with van der Waals surface area (Å²) >= 11 is 6.05. The molecule has 2 fully saturated rings. The molecule has 2 heterocycles. The molecule has 2 aromatic rings. The van der Waals surface area contributed by atoms with Crippen molar-refractivity contribution in [3.8, 4) is 5.75 Å². The van der Waals surface area contributed by atoms with Gasteiger partial charge in [0.05, 0.1) is 11.5 Å². The fourth-order valence-corrected chi connectivity index (χ4v) is 5.65. The second-order valence-electron chi connectivity index (χ2n) is 10.3. The van der Waals surface area contributed by atoms with Crippen LogP contribution in [0, 0.1) is 18.7 Å². The van der Waals surface area contributed by atoms with Crippen LogP contribution in [0.2, 0.25) is 5.02 Å². The van der Waals surface area contributed by atoms with Crippen molar-refractivity contribution >= 4 is 17.6 Å². The Bertz CT molecular complexity index is 1010. The van der Waals surface area contributed by atoms with E-state index in [4.69, 9.17) is 16.3 Å². The summed E-state index contributed by atoms with van der Waals surface area (Å²) in [4.78, 5) is 16.7. The number of aliphatic carboxylic acids is 1. The van der Waals surface area contributed by atoms with Crippen LogP contribution < -0.4 is 61.2 Å². The Balaban J connectivity index is 0.00000361. The molecular formula is C28H35ClFKN2O3. The van der Waals surface area contributed by atoms with Crippen molar-refractivity contribution in [3.05, 3.63) is 64.4 Å². The maximum atomic E-state index is 13.3. The maximum absolute atomic E-state index is 13.3. The van der Waals surface area contributed by atoms with Gasteiger partial charge in [0.25, 0.3) is 0 Å². The average molecular weight is 541 g/mol. The van der Waals surface area contributed by atoms with Crippen LogP contribution in [-0.2, 0) is 11.2 Å². The second-order valence-corrected chi connectivity index (χ2v) is 10.8. The Kier molecular flexibility index (Phi) is 11.3. The number of carboxylic acids is 1. The van der Waals surface area contributed by atoms with Gasteiger partial charge in [0, 0.05) is 24.7 Å². The smallest absolute Gasteiger partial charge is 0.548 e. The van der Waals surface area contributed by atoms with Gasteiger partial charge >= 0.3 is 51.4 Å². The van der Waals surface area contributed by atoms with E-state index in [2.05, 4.69) is 4.90 Å². The number of carboxylic acid groups (broad SMARTS) is 1. The molecule has 0 aromatic heterocycles. The third kappa shape index (κ3) is 7.76. The van der Waals surface area contributed by atoms with Gasteiger partial charge in [-0.1, -0.05) is 23.7 Å². The number of carbonyl (C=O) groups is 1. The minimum absolute atomic E-state index is 0. The predicted molar refractivity (Wildman–Crippen MR) is 134 cm³/mol. The van der Waals surface area contributed by atoms with Crippen LogP contribution in [0.5, 0.6) is 5.75 Å². The van der Waals surface area contributed by atoms with E-state index < -0.39 is 11.5 Å². The topological polar surface area (TPSA) is 55.8 Å². The first-order chi connectivity index (χ1) is 16.7. The fourth-order valence-electron chi connectivity index (χ4n) is 5.42. The summed E-state index contributed by atoms with van der Waals surface area (Å²) in [5.41, 5.74) is 0.770. The van der Waals surface area contributed by atoms with E-state index >= 15 is 0 Å². The minimum atomic E-state index is -1.10. The molecule has 2 aliphatic heterocycles. The molecule has 2 aromatic carbocycles. The van der Waals surface area contributed by atoms with Crippen molar-refractivity contribution in [1.29, 1.82) is 0 Å². The average Bonchev–Trinajstić information content (AvgIpc) is 2.84. The molecule has 0 saturated carbocycles. The van der Waals surface area contributed by atoms with E-state index in [1.807, 2.05) is 30.0 Å². The quantitative estimate of drug-likeness (QED) is 0.469. The summed E-state index contributed by atoms with van der Waals surface area (Å²) < 4.78 is 19.5. The zero-order valence-electron chi connectivity index (χ0n) is 21.6. The number of nitrogens with zero attached hydrogens (tertiary/aromatic N) is 2. The zero-order valence-corrected chi connectivity index (χ0v) is 25.5. The molecule has 0 bridgehead atoms. The van der Waals surface area contributed by atoms with Gasteiger partial charge in [-0.25, -0.2) is 4.39 Å². The number of benzene rings is 2. The van der Waals surface area contributed by atoms with Crippen LogP contribution in [-0.4, -0.2) is 60.1 Å². The van der Waals surface area contributed by atoms with E-state index in [1.54, 1.807) is 19.1 Å². The van der Waals surface area contributed by atoms with Gasteiger partial charge in [0.1, 0.15) is 17.7 Å². The molecular weight excluding hydrogens is 506 g/mol. The Labute approximate surface area is 261 Å². The zero-order chi connectivity index (χ0) is 25.0. The van der Waals surface area contributed by atoms with E-state index in [0.717, 1.165) is 80.3 Å². The molecule has 0 amide bonds. The molecule has 2 saturated heterocycles. The van der Waals surface area contributed by atoms with Crippen molar-refractivity contribution in [3.63, 3.8) is 0 Å². The van der Waals surface area contributed by atoms with Gasteiger partial charge in [-0.2, -0.15) is 0 Å². The number of hydrogen-bond donors (Lipinski definition) is 0. The number of piperidine rings is 2. The van der Waals surface area contributed by atoms with E-state index in [9.17, 15) is 14.3 Å². The molecule has 0 radical (unpaired) electrons. The fraction of sp³-hybridized carbons (Fsp3) is 0.536. The number of ether oxygens (including phenoxy) is 1. The molecule has 36 heavy (non-hydrogen) atoms. The Morgan fingerprint density at radius 3 is 2.31 bits per heavy atom. The number of rotatable bonds is 8. The second kappa shape index (κ2) is 13.5. The van der Waals surface area contributed by atoms with Crippen LogP contribution in [0.25, 0.3) is 0 Å². The molecule has 1 atom stereocenters. The van der Waals surface area contributed by atoms with E-state index in [1.165, 1.54) is 12.1 Å². The summed E-state index contributed by atoms with van der Waals surface area (Å²) in [6.45, 7) is 8.28. The first-order valence-corrected chi connectivity index (χ1v) is 13.0. The van der Waals surface area contributed by atoms with E-state index in [0.29, 0.717) is 12.3 Å². The van der Waals surface area contributed by atoms with Gasteiger partial charge in [-0.15, -0.1) is 0 Å². The van der Waals surface area contributed by atoms with Crippen molar-refractivity contribution in [2.24, 2.45) is 5.92 Å². The molecule has 8 heteroatoms. The summed E-state index contributed by atoms with van der Waals surface area (Å²) in [7, 11) is 0. The number of carbonyl (C=O) groups excluding carboxylic acids is 1. The maximum Gasteiger partial charge on any atom is 1.00 e. The first-order valence-electron chi connectivity index (χ1n) is 12.6. The minimum Gasteiger partial charge on any atom is -0.548 e. The monoisotopic (exact) mass is 540 g/mol. The Hall–Kier alpha value is -0.514. The van der Waals surface area contributed by atoms with Crippen molar-refractivity contribution < 1.29 is 70.4 Å². The van der Waals surface area contributed by atoms with Gasteiger partial charge in [0.2, 0.25) is 0 Å². The normalized spacial score (nSPS) is 19.9. The SMILES string of the molecule is Cc1cc(Cl)ccc1OC1CCN(CC2CCN([C@@](C)(Cc3ccc(F)cc3)C(=O)[O-])CC2)CC1.[K+]. The number of likely N-dealkylation sites (tertiary alicyclic amines) is 2. The molecule has 0 aliphatic carbocycles. The van der Waals surface area contributed by atoms with Crippen molar-refractivity contribution in [1.82, 2.24) is 9.80 Å². The number of hydrogen-bond acceptors (Lipinski definition) is 5. The Morgan fingerprint density at radius 2 is 1.72 bits per heavy atom. The van der Waals surface area contributed by atoms with E-state index in [-0.39, 0.29) is 63.3 Å². The van der Waals surface area contributed by atoms with Crippen molar-refractivity contribution in [2.45, 2.75) is 57.6 Å². The predicted octanol–water partition coefficient (Wildman–Crippen LogP) is 1.10. The molecule has 0 unspecified atom stereocenters. The summed E-state index contributed by atoms with van der Waals surface area (Å²) in [6, 6.07) is 11.8. The summed E-state index contributed by atoms with van der Waals surface area (Å²) in [5, 5.41) is 12.9.